The van der Waals surface area contributed by atoms with Crippen LogP contribution < -0.4 is 8.92 Å². The van der Waals surface area contributed by atoms with Crippen LogP contribution >= 0.6 is 11.3 Å². The van der Waals surface area contributed by atoms with E-state index in [-0.39, 0.29) is 9.96 Å². The molecule has 0 amide bonds. The number of benzene rings is 1. The first-order valence-corrected chi connectivity index (χ1v) is 8.50. The molecule has 1 aromatic carbocycles. The molecule has 0 atom stereocenters. The lowest BCUT2D eigenvalue weighted by Crippen LogP contribution is -2.08. The van der Waals surface area contributed by atoms with Gasteiger partial charge in [0, 0.05) is 4.88 Å². The van der Waals surface area contributed by atoms with E-state index in [2.05, 4.69) is 0 Å². The van der Waals surface area contributed by atoms with Crippen LogP contribution in [0.3, 0.4) is 0 Å². The van der Waals surface area contributed by atoms with Crippen LogP contribution in [0.1, 0.15) is 17.4 Å². The zero-order valence-electron chi connectivity index (χ0n) is 12.0. The Labute approximate surface area is 128 Å². The van der Waals surface area contributed by atoms with Gasteiger partial charge in [0.25, 0.3) is 0 Å². The number of aryl methyl sites for hydroxylation is 1. The first-order valence-electron chi connectivity index (χ1n) is 6.28. The van der Waals surface area contributed by atoms with Crippen LogP contribution in [0, 0.1) is 6.92 Å². The second kappa shape index (κ2) is 6.32. The van der Waals surface area contributed by atoms with E-state index in [1.165, 1.54) is 24.5 Å². The van der Waals surface area contributed by atoms with Gasteiger partial charge in [-0.3, -0.25) is 0 Å². The van der Waals surface area contributed by atoms with E-state index in [1.807, 2.05) is 26.0 Å². The van der Waals surface area contributed by atoms with Gasteiger partial charge >= 0.3 is 10.1 Å². The van der Waals surface area contributed by atoms with Gasteiger partial charge in [-0.25, -0.2) is 0 Å². The summed E-state index contributed by atoms with van der Waals surface area (Å²) in [4.78, 5) is 0.910. The summed E-state index contributed by atoms with van der Waals surface area (Å²) in [6.45, 7) is 3.75. The molecule has 21 heavy (non-hydrogen) atoms. The van der Waals surface area contributed by atoms with E-state index < -0.39 is 10.1 Å². The molecule has 0 unspecified atom stereocenters. The van der Waals surface area contributed by atoms with E-state index in [9.17, 15) is 8.42 Å². The number of hydrogen-bond acceptors (Lipinski definition) is 5. The minimum absolute atomic E-state index is 0.178. The Hall–Kier alpha value is -1.79. The third kappa shape index (κ3) is 3.65. The standard InChI is InChI=1S/C15H16O4S2/c1-4-5-12-7-8-13(14(10-12)18-3)19-21(16,17)15-9-6-11(2)20-15/h4-10H,1-3H3/b5-4+. The van der Waals surface area contributed by atoms with Crippen molar-refractivity contribution < 1.29 is 17.3 Å². The number of ether oxygens (including phenoxy) is 1. The van der Waals surface area contributed by atoms with Crippen molar-refractivity contribution in [2.75, 3.05) is 7.11 Å². The van der Waals surface area contributed by atoms with Crippen molar-refractivity contribution in [3.63, 3.8) is 0 Å². The molecule has 1 aromatic heterocycles. The lowest BCUT2D eigenvalue weighted by atomic mass is 10.2. The first-order chi connectivity index (χ1) is 9.96. The number of hydrogen-bond donors (Lipinski definition) is 0. The van der Waals surface area contributed by atoms with Gasteiger partial charge in [-0.2, -0.15) is 8.42 Å². The largest absolute Gasteiger partial charge is 0.493 e. The number of rotatable bonds is 5. The average molecular weight is 324 g/mol. The van der Waals surface area contributed by atoms with Crippen LogP contribution in [0.25, 0.3) is 6.08 Å². The summed E-state index contributed by atoms with van der Waals surface area (Å²) >= 11 is 1.17. The Morgan fingerprint density at radius 2 is 1.90 bits per heavy atom. The Morgan fingerprint density at radius 1 is 1.14 bits per heavy atom. The van der Waals surface area contributed by atoms with Crippen LogP contribution in [0.5, 0.6) is 11.5 Å². The SMILES string of the molecule is C/C=C/c1ccc(OS(=O)(=O)c2ccc(C)s2)c(OC)c1. The van der Waals surface area contributed by atoms with Crippen molar-refractivity contribution in [3.05, 3.63) is 46.8 Å². The lowest BCUT2D eigenvalue weighted by molar-refractivity contribution is 0.391. The van der Waals surface area contributed by atoms with Crippen molar-refractivity contribution in [2.45, 2.75) is 18.1 Å². The number of thiophene rings is 1. The molecule has 0 spiro atoms. The van der Waals surface area contributed by atoms with Crippen LogP contribution in [0.15, 0.2) is 40.6 Å². The predicted octanol–water partition coefficient (Wildman–Crippen LogP) is 3.87. The first kappa shape index (κ1) is 15.6. The van der Waals surface area contributed by atoms with Gasteiger partial charge in [-0.05, 0) is 43.7 Å². The molecule has 0 aliphatic heterocycles. The Kier molecular flexibility index (Phi) is 4.69. The molecule has 0 saturated heterocycles. The second-order valence-corrected chi connectivity index (χ2v) is 7.37. The van der Waals surface area contributed by atoms with Gasteiger partial charge in [0.1, 0.15) is 0 Å². The molecule has 0 N–H and O–H groups in total. The zero-order chi connectivity index (χ0) is 15.5. The van der Waals surface area contributed by atoms with Crippen LogP contribution in [0.2, 0.25) is 0 Å². The summed E-state index contributed by atoms with van der Waals surface area (Å²) in [6.07, 6.45) is 3.78. The maximum atomic E-state index is 12.2. The van der Waals surface area contributed by atoms with Crippen molar-refractivity contribution >= 4 is 27.5 Å². The summed E-state index contributed by atoms with van der Waals surface area (Å²) < 4.78 is 35.0. The fourth-order valence-corrected chi connectivity index (χ4v) is 3.94. The molecule has 0 aliphatic carbocycles. The molecule has 0 radical (unpaired) electrons. The van der Waals surface area contributed by atoms with E-state index in [0.717, 1.165) is 10.4 Å². The van der Waals surface area contributed by atoms with Gasteiger partial charge < -0.3 is 8.92 Å². The molecule has 0 saturated carbocycles. The zero-order valence-corrected chi connectivity index (χ0v) is 13.6. The van der Waals surface area contributed by atoms with E-state index >= 15 is 0 Å². The van der Waals surface area contributed by atoms with Gasteiger partial charge in [-0.1, -0.05) is 18.2 Å². The van der Waals surface area contributed by atoms with Gasteiger partial charge in [0.15, 0.2) is 15.7 Å². The third-order valence-electron chi connectivity index (χ3n) is 2.71. The minimum atomic E-state index is -3.83. The Bertz CT molecular complexity index is 758. The fourth-order valence-electron chi connectivity index (χ4n) is 1.75. The van der Waals surface area contributed by atoms with Crippen LogP contribution in [0.4, 0.5) is 0 Å². The second-order valence-electron chi connectivity index (χ2n) is 4.31. The summed E-state index contributed by atoms with van der Waals surface area (Å²) in [6, 6.07) is 8.37. The summed E-state index contributed by atoms with van der Waals surface area (Å²) in [7, 11) is -2.35. The van der Waals surface area contributed by atoms with E-state index in [0.29, 0.717) is 5.75 Å². The van der Waals surface area contributed by atoms with Crippen molar-refractivity contribution in [1.29, 1.82) is 0 Å². The number of allylic oxidation sites excluding steroid dienone is 1. The molecule has 2 rings (SSSR count). The normalized spacial score (nSPS) is 11.8. The number of methoxy groups -OCH3 is 1. The monoisotopic (exact) mass is 324 g/mol. The Balaban J connectivity index is 2.35. The van der Waals surface area contributed by atoms with Gasteiger partial charge in [0.2, 0.25) is 0 Å². The van der Waals surface area contributed by atoms with Gasteiger partial charge in [-0.15, -0.1) is 11.3 Å². The quantitative estimate of drug-likeness (QED) is 0.784. The van der Waals surface area contributed by atoms with Crippen molar-refractivity contribution in [3.8, 4) is 11.5 Å². The summed E-state index contributed by atoms with van der Waals surface area (Å²) in [5, 5.41) is 0. The molecular formula is C15H16O4S2. The van der Waals surface area contributed by atoms with E-state index in [1.54, 1.807) is 24.3 Å². The highest BCUT2D eigenvalue weighted by molar-refractivity contribution is 7.89. The highest BCUT2D eigenvalue weighted by atomic mass is 32.3. The lowest BCUT2D eigenvalue weighted by Gasteiger charge is -2.10. The highest BCUT2D eigenvalue weighted by Gasteiger charge is 2.20. The molecule has 0 aliphatic rings. The summed E-state index contributed by atoms with van der Waals surface area (Å²) in [5.74, 6) is 0.555. The average Bonchev–Trinajstić information content (AvgIpc) is 2.88. The van der Waals surface area contributed by atoms with Gasteiger partial charge in [0.05, 0.1) is 7.11 Å². The molecule has 1 heterocycles. The molecule has 4 nitrogen and oxygen atoms in total. The maximum absolute atomic E-state index is 12.2. The minimum Gasteiger partial charge on any atom is -0.493 e. The summed E-state index contributed by atoms with van der Waals surface area (Å²) in [5.41, 5.74) is 0.908. The molecule has 112 valence electrons. The van der Waals surface area contributed by atoms with Crippen LogP contribution in [-0.2, 0) is 10.1 Å². The third-order valence-corrected chi connectivity index (χ3v) is 5.39. The highest BCUT2D eigenvalue weighted by Crippen LogP contribution is 2.32. The maximum Gasteiger partial charge on any atom is 0.348 e. The molecule has 6 heteroatoms. The topological polar surface area (TPSA) is 52.6 Å². The Morgan fingerprint density at radius 3 is 2.48 bits per heavy atom. The predicted molar refractivity (Wildman–Crippen MR) is 84.6 cm³/mol. The smallest absolute Gasteiger partial charge is 0.348 e. The van der Waals surface area contributed by atoms with Crippen LogP contribution in [-0.4, -0.2) is 15.5 Å². The fraction of sp³-hybridized carbons (Fsp3) is 0.200. The molecule has 0 bridgehead atoms. The van der Waals surface area contributed by atoms with Crippen molar-refractivity contribution in [2.24, 2.45) is 0 Å². The molecule has 2 aromatic rings. The van der Waals surface area contributed by atoms with E-state index in [4.69, 9.17) is 8.92 Å². The van der Waals surface area contributed by atoms with Crippen molar-refractivity contribution in [1.82, 2.24) is 0 Å². The molecular weight excluding hydrogens is 308 g/mol. The molecule has 0 fully saturated rings.